The molecule has 4 rings (SSSR count). The molecule has 1 unspecified atom stereocenters. The van der Waals surface area contributed by atoms with Gasteiger partial charge in [-0.1, -0.05) is 19.1 Å². The summed E-state index contributed by atoms with van der Waals surface area (Å²) in [7, 11) is 0. The summed E-state index contributed by atoms with van der Waals surface area (Å²) >= 11 is 0. The third-order valence-electron chi connectivity index (χ3n) is 5.39. The zero-order chi connectivity index (χ0) is 19.8. The Morgan fingerprint density at radius 2 is 2.04 bits per heavy atom. The van der Waals surface area contributed by atoms with E-state index in [1.165, 1.54) is 16.7 Å². The van der Waals surface area contributed by atoms with Gasteiger partial charge in [0.2, 0.25) is 5.91 Å². The maximum absolute atomic E-state index is 13.6. The highest BCUT2D eigenvalue weighted by molar-refractivity contribution is 5.95. The minimum absolute atomic E-state index is 0.0142. The largest absolute Gasteiger partial charge is 0.308 e. The number of nitrogens with zero attached hydrogens (tertiary/aromatic N) is 3. The molecule has 0 fully saturated rings. The average Bonchev–Trinajstić information content (AvgIpc) is 2.70. The number of hydrogen-bond donors (Lipinski definition) is 0. The number of rotatable bonds is 3. The molecule has 2 heterocycles. The van der Waals surface area contributed by atoms with E-state index >= 15 is 0 Å². The van der Waals surface area contributed by atoms with Gasteiger partial charge in [-0.15, -0.1) is 0 Å². The molecule has 0 bridgehead atoms. The number of amides is 1. The van der Waals surface area contributed by atoms with Gasteiger partial charge in [0.15, 0.2) is 0 Å². The lowest BCUT2D eigenvalue weighted by molar-refractivity contribution is -0.119. The van der Waals surface area contributed by atoms with Crippen LogP contribution in [0.5, 0.6) is 0 Å². The predicted octanol–water partition coefficient (Wildman–Crippen LogP) is 3.47. The van der Waals surface area contributed by atoms with Crippen molar-refractivity contribution in [2.24, 2.45) is 0 Å². The topological polar surface area (TPSA) is 55.2 Å². The van der Waals surface area contributed by atoms with E-state index in [-0.39, 0.29) is 29.9 Å². The lowest BCUT2D eigenvalue weighted by atomic mass is 9.96. The number of hydrogen-bond acceptors (Lipinski definition) is 3. The van der Waals surface area contributed by atoms with Crippen molar-refractivity contribution in [3.8, 4) is 0 Å². The quantitative estimate of drug-likeness (QED) is 0.700. The van der Waals surface area contributed by atoms with Crippen molar-refractivity contribution in [1.82, 2.24) is 9.55 Å². The molecule has 144 valence electrons. The lowest BCUT2D eigenvalue weighted by Gasteiger charge is -2.35. The molecule has 0 saturated carbocycles. The number of benzene rings is 2. The minimum atomic E-state index is -0.302. The van der Waals surface area contributed by atoms with Gasteiger partial charge in [-0.3, -0.25) is 14.2 Å². The van der Waals surface area contributed by atoms with Crippen LogP contribution >= 0.6 is 0 Å². The van der Waals surface area contributed by atoms with E-state index in [0.29, 0.717) is 23.1 Å². The molecule has 0 aliphatic carbocycles. The van der Waals surface area contributed by atoms with Gasteiger partial charge in [0.25, 0.3) is 5.56 Å². The average molecular weight is 379 g/mol. The molecule has 6 heteroatoms. The Kier molecular flexibility index (Phi) is 4.71. The predicted molar refractivity (Wildman–Crippen MR) is 107 cm³/mol. The zero-order valence-electron chi connectivity index (χ0n) is 16.0. The fourth-order valence-electron chi connectivity index (χ4n) is 3.96. The van der Waals surface area contributed by atoms with Gasteiger partial charge in [0, 0.05) is 18.2 Å². The number of aromatic nitrogens is 2. The number of fused-ring (bicyclic) bond motifs is 2. The summed E-state index contributed by atoms with van der Waals surface area (Å²) in [4.78, 5) is 32.5. The second-order valence-electron chi connectivity index (χ2n) is 7.21. The summed E-state index contributed by atoms with van der Waals surface area (Å²) in [6.45, 7) is 3.81. The highest BCUT2D eigenvalue weighted by Gasteiger charge is 2.29. The van der Waals surface area contributed by atoms with Crippen LogP contribution < -0.4 is 10.5 Å². The van der Waals surface area contributed by atoms with Crippen molar-refractivity contribution in [3.63, 3.8) is 0 Å². The zero-order valence-corrected chi connectivity index (χ0v) is 16.0. The highest BCUT2D eigenvalue weighted by atomic mass is 19.1. The van der Waals surface area contributed by atoms with E-state index in [4.69, 9.17) is 0 Å². The lowest BCUT2D eigenvalue weighted by Crippen LogP contribution is -2.45. The number of carbonyl (C=O) groups excluding carboxylic acids is 1. The van der Waals surface area contributed by atoms with E-state index in [1.54, 1.807) is 29.2 Å². The Morgan fingerprint density at radius 3 is 2.82 bits per heavy atom. The fraction of sp³-hybridized carbons (Fsp3) is 0.318. The standard InChI is InChI=1S/C22H22FN3O2/c1-3-20-24-18-7-5-4-6-17(18)22(28)25(20)13-21(27)26-14(2)8-9-15-12-16(23)10-11-19(15)26/h4-7,10-12,14H,3,8-9,13H2,1-2H3. The second kappa shape index (κ2) is 7.19. The van der Waals surface area contributed by atoms with E-state index in [9.17, 15) is 14.0 Å². The summed E-state index contributed by atoms with van der Waals surface area (Å²) in [5, 5.41) is 0.502. The van der Waals surface area contributed by atoms with E-state index in [1.807, 2.05) is 19.9 Å². The molecule has 2 aromatic carbocycles. The van der Waals surface area contributed by atoms with Crippen LogP contribution in [-0.2, 0) is 24.2 Å². The minimum Gasteiger partial charge on any atom is -0.308 e. The van der Waals surface area contributed by atoms with Crippen LogP contribution in [0.3, 0.4) is 0 Å². The van der Waals surface area contributed by atoms with Gasteiger partial charge in [-0.05, 0) is 55.7 Å². The fourth-order valence-corrected chi connectivity index (χ4v) is 3.96. The van der Waals surface area contributed by atoms with Crippen LogP contribution in [0, 0.1) is 5.82 Å². The highest BCUT2D eigenvalue weighted by Crippen LogP contribution is 2.31. The molecule has 1 aliphatic rings. The summed E-state index contributed by atoms with van der Waals surface area (Å²) in [6, 6.07) is 11.7. The molecular formula is C22H22FN3O2. The number of anilines is 1. The van der Waals surface area contributed by atoms with Crippen molar-refractivity contribution in [2.45, 2.75) is 45.7 Å². The normalized spacial score (nSPS) is 16.2. The maximum atomic E-state index is 13.6. The molecule has 0 N–H and O–H groups in total. The van der Waals surface area contributed by atoms with Crippen LogP contribution in [-0.4, -0.2) is 21.5 Å². The van der Waals surface area contributed by atoms with Crippen molar-refractivity contribution in [1.29, 1.82) is 0 Å². The third-order valence-corrected chi connectivity index (χ3v) is 5.39. The molecule has 1 aliphatic heterocycles. The molecule has 1 aromatic heterocycles. The molecule has 28 heavy (non-hydrogen) atoms. The number of aryl methyl sites for hydroxylation is 2. The Balaban J connectivity index is 1.75. The monoisotopic (exact) mass is 379 g/mol. The van der Waals surface area contributed by atoms with Gasteiger partial charge in [0.1, 0.15) is 18.2 Å². The van der Waals surface area contributed by atoms with Crippen LogP contribution in [0.1, 0.15) is 31.7 Å². The maximum Gasteiger partial charge on any atom is 0.261 e. The van der Waals surface area contributed by atoms with Crippen molar-refractivity contribution >= 4 is 22.5 Å². The molecule has 0 radical (unpaired) electrons. The molecule has 1 atom stereocenters. The molecule has 0 spiro atoms. The molecule has 3 aromatic rings. The first-order valence-electron chi connectivity index (χ1n) is 9.58. The van der Waals surface area contributed by atoms with Gasteiger partial charge in [-0.25, -0.2) is 9.37 Å². The Labute approximate surface area is 162 Å². The Hall–Kier alpha value is -3.02. The van der Waals surface area contributed by atoms with Crippen LogP contribution in [0.2, 0.25) is 0 Å². The summed E-state index contributed by atoms with van der Waals surface area (Å²) in [6.07, 6.45) is 2.04. The van der Waals surface area contributed by atoms with Gasteiger partial charge in [-0.2, -0.15) is 0 Å². The Bertz CT molecular complexity index is 1120. The Morgan fingerprint density at radius 1 is 1.25 bits per heavy atom. The summed E-state index contributed by atoms with van der Waals surface area (Å²) in [5.74, 6) is 0.0962. The van der Waals surface area contributed by atoms with Gasteiger partial charge < -0.3 is 4.90 Å². The first-order valence-corrected chi connectivity index (χ1v) is 9.58. The van der Waals surface area contributed by atoms with E-state index < -0.39 is 0 Å². The molecule has 1 amide bonds. The van der Waals surface area contributed by atoms with Crippen molar-refractivity contribution in [2.75, 3.05) is 4.90 Å². The number of para-hydroxylation sites is 1. The SMILES string of the molecule is CCc1nc2ccccc2c(=O)n1CC(=O)N1c2ccc(F)cc2CCC1C. The second-order valence-corrected chi connectivity index (χ2v) is 7.21. The van der Waals surface area contributed by atoms with Crippen molar-refractivity contribution in [3.05, 3.63) is 70.0 Å². The first-order chi connectivity index (χ1) is 13.5. The third kappa shape index (κ3) is 3.09. The van der Waals surface area contributed by atoms with Gasteiger partial charge >= 0.3 is 0 Å². The van der Waals surface area contributed by atoms with Crippen molar-refractivity contribution < 1.29 is 9.18 Å². The number of halogens is 1. The number of carbonyl (C=O) groups is 1. The van der Waals surface area contributed by atoms with Crippen LogP contribution in [0.25, 0.3) is 10.9 Å². The first kappa shape index (κ1) is 18.3. The van der Waals surface area contributed by atoms with Crippen LogP contribution in [0.15, 0.2) is 47.3 Å². The van der Waals surface area contributed by atoms with E-state index in [2.05, 4.69) is 4.98 Å². The summed E-state index contributed by atoms with van der Waals surface area (Å²) in [5.41, 5.74) is 1.98. The van der Waals surface area contributed by atoms with Crippen LogP contribution in [0.4, 0.5) is 10.1 Å². The molecule has 5 nitrogen and oxygen atoms in total. The summed E-state index contributed by atoms with van der Waals surface area (Å²) < 4.78 is 15.1. The smallest absolute Gasteiger partial charge is 0.261 e. The molecule has 0 saturated heterocycles. The van der Waals surface area contributed by atoms with E-state index in [0.717, 1.165) is 24.1 Å². The van der Waals surface area contributed by atoms with Gasteiger partial charge in [0.05, 0.1) is 10.9 Å². The molecular weight excluding hydrogens is 357 g/mol.